The molecule has 0 aromatic rings. The van der Waals surface area contributed by atoms with Crippen LogP contribution in [0.5, 0.6) is 0 Å². The molecule has 1 rings (SSSR count). The van der Waals surface area contributed by atoms with Gasteiger partial charge in [0, 0.05) is 11.7 Å². The summed E-state index contributed by atoms with van der Waals surface area (Å²) < 4.78 is 0. The zero-order valence-electron chi connectivity index (χ0n) is 9.57. The zero-order chi connectivity index (χ0) is 12.0. The van der Waals surface area contributed by atoms with Crippen LogP contribution in [0.3, 0.4) is 0 Å². The second kappa shape index (κ2) is 6.78. The molecule has 0 radical (unpaired) electrons. The molecule has 1 saturated heterocycles. The lowest BCUT2D eigenvalue weighted by molar-refractivity contribution is -0.142. The van der Waals surface area contributed by atoms with Crippen LogP contribution in [0.15, 0.2) is 0 Å². The second-order valence-corrected chi connectivity index (χ2v) is 5.25. The summed E-state index contributed by atoms with van der Waals surface area (Å²) in [7, 11) is 0. The molecule has 92 valence electrons. The van der Waals surface area contributed by atoms with Crippen LogP contribution in [0.25, 0.3) is 0 Å². The van der Waals surface area contributed by atoms with Crippen molar-refractivity contribution >= 4 is 23.6 Å². The Morgan fingerprint density at radius 3 is 2.81 bits per heavy atom. The summed E-state index contributed by atoms with van der Waals surface area (Å²) in [6.07, 6.45) is 3.17. The van der Waals surface area contributed by atoms with Crippen molar-refractivity contribution in [2.24, 2.45) is 5.92 Å². The van der Waals surface area contributed by atoms with Gasteiger partial charge in [0.2, 0.25) is 5.91 Å². The molecule has 0 aromatic heterocycles. The first-order valence-corrected chi connectivity index (χ1v) is 6.91. The van der Waals surface area contributed by atoms with Gasteiger partial charge in [-0.15, -0.1) is 0 Å². The van der Waals surface area contributed by atoms with Crippen molar-refractivity contribution in [2.45, 2.75) is 38.6 Å². The van der Waals surface area contributed by atoms with Gasteiger partial charge in [-0.3, -0.25) is 4.79 Å². The van der Waals surface area contributed by atoms with Crippen LogP contribution < -0.4 is 5.32 Å². The fraction of sp³-hybridized carbons (Fsp3) is 0.818. The zero-order valence-corrected chi connectivity index (χ0v) is 10.4. The summed E-state index contributed by atoms with van der Waals surface area (Å²) in [6, 6.07) is -0.710. The molecule has 0 aliphatic carbocycles. The van der Waals surface area contributed by atoms with Crippen LogP contribution in [0.1, 0.15) is 32.6 Å². The maximum Gasteiger partial charge on any atom is 0.326 e. The van der Waals surface area contributed by atoms with Gasteiger partial charge in [-0.1, -0.05) is 19.8 Å². The number of nitrogens with one attached hydrogen (secondary N) is 1. The molecule has 5 heteroatoms. The molecule has 1 amide bonds. The Hall–Kier alpha value is -0.710. The maximum absolute atomic E-state index is 11.7. The number of carbonyl (C=O) groups is 2. The molecular formula is C11H19NO3S. The standard InChI is InChI=1S/C11H19NO3S/c1-2-3-4-9(11(14)15)12-10(13)8-5-6-16-7-8/h8-9H,2-7H2,1H3,(H,12,13)(H,14,15)/t8?,9-/m0/s1. The number of carbonyl (C=O) groups excluding carboxylic acids is 1. The summed E-state index contributed by atoms with van der Waals surface area (Å²) in [6.45, 7) is 2.01. The Labute approximate surface area is 100 Å². The highest BCUT2D eigenvalue weighted by Gasteiger charge is 2.27. The Morgan fingerprint density at radius 2 is 2.31 bits per heavy atom. The van der Waals surface area contributed by atoms with Crippen LogP contribution in [0, 0.1) is 5.92 Å². The Bertz CT molecular complexity index is 252. The highest BCUT2D eigenvalue weighted by atomic mass is 32.2. The van der Waals surface area contributed by atoms with E-state index in [1.165, 1.54) is 0 Å². The predicted octanol–water partition coefficient (Wildman–Crippen LogP) is 1.50. The van der Waals surface area contributed by atoms with Crippen molar-refractivity contribution in [2.75, 3.05) is 11.5 Å². The third kappa shape index (κ3) is 4.04. The highest BCUT2D eigenvalue weighted by Crippen LogP contribution is 2.23. The number of unbranched alkanes of at least 4 members (excludes halogenated alkanes) is 1. The predicted molar refractivity (Wildman–Crippen MR) is 64.5 cm³/mol. The minimum atomic E-state index is -0.924. The number of thioether (sulfide) groups is 1. The van der Waals surface area contributed by atoms with E-state index in [0.717, 1.165) is 30.8 Å². The smallest absolute Gasteiger partial charge is 0.326 e. The Morgan fingerprint density at radius 1 is 1.56 bits per heavy atom. The molecule has 0 saturated carbocycles. The Kier molecular flexibility index (Phi) is 5.66. The number of hydrogen-bond donors (Lipinski definition) is 2. The monoisotopic (exact) mass is 245 g/mol. The summed E-state index contributed by atoms with van der Waals surface area (Å²) in [4.78, 5) is 22.7. The van der Waals surface area contributed by atoms with Gasteiger partial charge >= 0.3 is 5.97 Å². The van der Waals surface area contributed by atoms with E-state index in [1.54, 1.807) is 11.8 Å². The topological polar surface area (TPSA) is 66.4 Å². The lowest BCUT2D eigenvalue weighted by atomic mass is 10.1. The molecular weight excluding hydrogens is 226 g/mol. The normalized spacial score (nSPS) is 21.7. The van der Waals surface area contributed by atoms with Gasteiger partial charge in [0.1, 0.15) is 6.04 Å². The fourth-order valence-corrected chi connectivity index (χ4v) is 2.92. The van der Waals surface area contributed by atoms with E-state index in [2.05, 4.69) is 5.32 Å². The molecule has 1 aliphatic rings. The fourth-order valence-electron chi connectivity index (χ4n) is 1.70. The lowest BCUT2D eigenvalue weighted by Crippen LogP contribution is -2.43. The van der Waals surface area contributed by atoms with Crippen LogP contribution in [-0.4, -0.2) is 34.5 Å². The van der Waals surface area contributed by atoms with E-state index in [9.17, 15) is 9.59 Å². The van der Waals surface area contributed by atoms with Crippen molar-refractivity contribution in [3.05, 3.63) is 0 Å². The summed E-state index contributed by atoms with van der Waals surface area (Å²) in [5, 5.41) is 11.6. The number of carboxylic acid groups (broad SMARTS) is 1. The van der Waals surface area contributed by atoms with E-state index < -0.39 is 12.0 Å². The quantitative estimate of drug-likeness (QED) is 0.744. The van der Waals surface area contributed by atoms with E-state index in [-0.39, 0.29) is 11.8 Å². The Balaban J connectivity index is 2.40. The average Bonchev–Trinajstić information content (AvgIpc) is 2.76. The summed E-state index contributed by atoms with van der Waals surface area (Å²) >= 11 is 1.76. The van der Waals surface area contributed by atoms with Gasteiger partial charge in [0.25, 0.3) is 0 Å². The number of carboxylic acids is 1. The molecule has 0 aromatic carbocycles. The first kappa shape index (κ1) is 13.4. The molecule has 0 bridgehead atoms. The highest BCUT2D eigenvalue weighted by molar-refractivity contribution is 7.99. The van der Waals surface area contributed by atoms with E-state index in [1.807, 2.05) is 6.92 Å². The van der Waals surface area contributed by atoms with E-state index in [4.69, 9.17) is 5.11 Å². The molecule has 2 N–H and O–H groups in total. The summed E-state index contributed by atoms with van der Waals surface area (Å²) in [5.41, 5.74) is 0. The van der Waals surface area contributed by atoms with Gasteiger partial charge in [0.15, 0.2) is 0 Å². The van der Waals surface area contributed by atoms with Gasteiger partial charge in [-0.25, -0.2) is 4.79 Å². The van der Waals surface area contributed by atoms with Crippen molar-refractivity contribution in [1.29, 1.82) is 0 Å². The number of amides is 1. The van der Waals surface area contributed by atoms with Gasteiger partial charge < -0.3 is 10.4 Å². The molecule has 1 heterocycles. The van der Waals surface area contributed by atoms with Crippen LogP contribution in [0.2, 0.25) is 0 Å². The largest absolute Gasteiger partial charge is 0.480 e. The maximum atomic E-state index is 11.7. The minimum absolute atomic E-state index is 0.00785. The first-order valence-electron chi connectivity index (χ1n) is 5.76. The van der Waals surface area contributed by atoms with Crippen molar-refractivity contribution in [3.63, 3.8) is 0 Å². The van der Waals surface area contributed by atoms with Crippen LogP contribution in [-0.2, 0) is 9.59 Å². The molecule has 16 heavy (non-hydrogen) atoms. The van der Waals surface area contributed by atoms with Gasteiger partial charge in [-0.05, 0) is 18.6 Å². The second-order valence-electron chi connectivity index (χ2n) is 4.10. The van der Waals surface area contributed by atoms with Gasteiger partial charge in [0.05, 0.1) is 0 Å². The number of hydrogen-bond acceptors (Lipinski definition) is 3. The molecule has 1 aliphatic heterocycles. The number of rotatable bonds is 6. The van der Waals surface area contributed by atoms with E-state index >= 15 is 0 Å². The van der Waals surface area contributed by atoms with Crippen molar-refractivity contribution in [3.8, 4) is 0 Å². The third-order valence-electron chi connectivity index (χ3n) is 2.76. The molecule has 4 nitrogen and oxygen atoms in total. The molecule has 1 fully saturated rings. The summed E-state index contributed by atoms with van der Waals surface area (Å²) in [5.74, 6) is 0.825. The van der Waals surface area contributed by atoms with Crippen molar-refractivity contribution < 1.29 is 14.7 Å². The minimum Gasteiger partial charge on any atom is -0.480 e. The molecule has 2 atom stereocenters. The number of aliphatic carboxylic acids is 1. The first-order chi connectivity index (χ1) is 7.65. The lowest BCUT2D eigenvalue weighted by Gasteiger charge is -2.16. The van der Waals surface area contributed by atoms with E-state index in [0.29, 0.717) is 6.42 Å². The SMILES string of the molecule is CCCC[C@H](NC(=O)C1CCSC1)C(=O)O. The van der Waals surface area contributed by atoms with Crippen LogP contribution in [0.4, 0.5) is 0 Å². The van der Waals surface area contributed by atoms with Crippen molar-refractivity contribution in [1.82, 2.24) is 5.32 Å². The molecule has 0 spiro atoms. The van der Waals surface area contributed by atoms with Gasteiger partial charge in [-0.2, -0.15) is 11.8 Å². The molecule has 1 unspecified atom stereocenters. The average molecular weight is 245 g/mol. The van der Waals surface area contributed by atoms with Crippen LogP contribution >= 0.6 is 11.8 Å². The third-order valence-corrected chi connectivity index (χ3v) is 3.92.